The first-order chi connectivity index (χ1) is 10.4. The van der Waals surface area contributed by atoms with E-state index in [1.807, 2.05) is 12.1 Å². The summed E-state index contributed by atoms with van der Waals surface area (Å²) in [6.07, 6.45) is 6.20. The number of halogens is 3. The second-order valence-electron chi connectivity index (χ2n) is 7.47. The number of benzene rings is 1. The molecule has 1 N–H and O–H groups in total. The average Bonchev–Trinajstić information content (AvgIpc) is 2.39. The maximum absolute atomic E-state index is 13.0. The van der Waals surface area contributed by atoms with Crippen LogP contribution < -0.4 is 5.32 Å². The van der Waals surface area contributed by atoms with Crippen molar-refractivity contribution in [3.63, 3.8) is 0 Å². The van der Waals surface area contributed by atoms with Gasteiger partial charge in [0.2, 0.25) is 5.91 Å². The molecule has 1 aromatic rings. The number of hydrogen-bond donors (Lipinski definition) is 1. The first kappa shape index (κ1) is 15.3. The van der Waals surface area contributed by atoms with Gasteiger partial charge < -0.3 is 5.32 Å². The topological polar surface area (TPSA) is 29.1 Å². The van der Waals surface area contributed by atoms with Gasteiger partial charge in [0.1, 0.15) is 0 Å². The lowest BCUT2D eigenvalue weighted by atomic mass is 9.49. The summed E-state index contributed by atoms with van der Waals surface area (Å²) in [5.74, 6) is 1.34. The van der Waals surface area contributed by atoms with Gasteiger partial charge in [0.15, 0.2) is 0 Å². The van der Waals surface area contributed by atoms with Crippen molar-refractivity contribution in [2.45, 2.75) is 43.4 Å². The highest BCUT2D eigenvalue weighted by Crippen LogP contribution is 2.64. The molecule has 0 spiro atoms. The lowest BCUT2D eigenvalue weighted by Gasteiger charge is -2.59. The molecule has 0 aromatic heterocycles. The van der Waals surface area contributed by atoms with Gasteiger partial charge in [0, 0.05) is 9.35 Å². The molecule has 0 aliphatic heterocycles. The van der Waals surface area contributed by atoms with Crippen molar-refractivity contribution >= 4 is 50.7 Å². The Bertz CT molecular complexity index is 634. The Morgan fingerprint density at radius 2 is 1.91 bits per heavy atom. The molecule has 4 aliphatic carbocycles. The molecule has 4 saturated carbocycles. The molecule has 5 heteroatoms. The van der Waals surface area contributed by atoms with E-state index in [1.54, 1.807) is 6.07 Å². The third-order valence-corrected chi connectivity index (χ3v) is 6.90. The molecule has 0 radical (unpaired) electrons. The summed E-state index contributed by atoms with van der Waals surface area (Å²) in [7, 11) is 0. The zero-order valence-electron chi connectivity index (χ0n) is 12.2. The highest BCUT2D eigenvalue weighted by molar-refractivity contribution is 9.10. The van der Waals surface area contributed by atoms with Crippen LogP contribution in [-0.2, 0) is 4.79 Å². The van der Waals surface area contributed by atoms with E-state index in [2.05, 4.69) is 21.2 Å². The number of anilines is 1. The maximum atomic E-state index is 13.0. The summed E-state index contributed by atoms with van der Waals surface area (Å²) in [5.41, 5.74) is 0.400. The van der Waals surface area contributed by atoms with E-state index in [1.165, 1.54) is 6.42 Å². The fourth-order valence-corrected chi connectivity index (χ4v) is 6.68. The van der Waals surface area contributed by atoms with Crippen LogP contribution in [0.25, 0.3) is 0 Å². The molecule has 2 unspecified atom stereocenters. The third-order valence-electron chi connectivity index (χ3n) is 5.65. The van der Waals surface area contributed by atoms with Gasteiger partial charge in [-0.2, -0.15) is 0 Å². The molecule has 4 bridgehead atoms. The van der Waals surface area contributed by atoms with Gasteiger partial charge in [0.05, 0.1) is 16.1 Å². The van der Waals surface area contributed by atoms with Crippen LogP contribution in [0.1, 0.15) is 38.5 Å². The number of alkyl halides is 1. The van der Waals surface area contributed by atoms with E-state index in [4.69, 9.17) is 23.2 Å². The molecule has 1 aromatic carbocycles. The standard InChI is InChI=1S/C17H18BrCl2NO/c18-12-1-2-14(13(19)4-12)21-15(22)16-5-10-3-11(6-16)8-17(20,7-10)9-16/h1-2,4,10-11H,3,5-9H2,(H,21,22)/t10-,11+,16?,17?. The molecular formula is C17H18BrCl2NO. The molecule has 2 nitrogen and oxygen atoms in total. The molecule has 118 valence electrons. The van der Waals surface area contributed by atoms with Crippen LogP contribution in [0.5, 0.6) is 0 Å². The monoisotopic (exact) mass is 401 g/mol. The smallest absolute Gasteiger partial charge is 0.230 e. The maximum Gasteiger partial charge on any atom is 0.230 e. The number of rotatable bonds is 2. The number of carbonyl (C=O) groups is 1. The SMILES string of the molecule is O=C(Nc1ccc(Br)cc1Cl)C12C[C@@H]3C[C@@H](CC(Cl)(C3)C1)C2. The Morgan fingerprint density at radius 3 is 2.50 bits per heavy atom. The second kappa shape index (κ2) is 5.12. The van der Waals surface area contributed by atoms with Gasteiger partial charge in [-0.05, 0) is 68.6 Å². The Kier molecular flexibility index (Phi) is 3.56. The first-order valence-corrected chi connectivity index (χ1v) is 9.38. The van der Waals surface area contributed by atoms with E-state index in [0.717, 1.165) is 36.6 Å². The number of amides is 1. The predicted octanol–water partition coefficient (Wildman–Crippen LogP) is 5.62. The minimum atomic E-state index is -0.289. The third kappa shape index (κ3) is 2.50. The number of nitrogens with one attached hydrogen (secondary N) is 1. The zero-order chi connectivity index (χ0) is 15.5. The summed E-state index contributed by atoms with van der Waals surface area (Å²) in [4.78, 5) is 12.9. The Balaban J connectivity index is 1.60. The Hall–Kier alpha value is -0.250. The summed E-state index contributed by atoms with van der Waals surface area (Å²) in [5, 5.41) is 3.62. The van der Waals surface area contributed by atoms with Crippen LogP contribution in [0.2, 0.25) is 5.02 Å². The van der Waals surface area contributed by atoms with Crippen LogP contribution in [0.4, 0.5) is 5.69 Å². The van der Waals surface area contributed by atoms with Gasteiger partial charge in [-0.1, -0.05) is 27.5 Å². The number of hydrogen-bond acceptors (Lipinski definition) is 1. The van der Waals surface area contributed by atoms with E-state index < -0.39 is 0 Å². The second-order valence-corrected chi connectivity index (χ2v) is 9.60. The van der Waals surface area contributed by atoms with Crippen LogP contribution in [0.3, 0.4) is 0 Å². The number of carbonyl (C=O) groups excluding carboxylic acids is 1. The summed E-state index contributed by atoms with van der Waals surface area (Å²) < 4.78 is 0.907. The van der Waals surface area contributed by atoms with Gasteiger partial charge in [-0.3, -0.25) is 4.79 Å². The minimum absolute atomic E-state index is 0.107. The van der Waals surface area contributed by atoms with Gasteiger partial charge in [0.25, 0.3) is 0 Å². The van der Waals surface area contributed by atoms with E-state index in [9.17, 15) is 4.79 Å². The van der Waals surface area contributed by atoms with Crippen LogP contribution in [0.15, 0.2) is 22.7 Å². The quantitative estimate of drug-likeness (QED) is 0.639. The highest BCUT2D eigenvalue weighted by atomic mass is 79.9. The van der Waals surface area contributed by atoms with Crippen molar-refractivity contribution in [1.29, 1.82) is 0 Å². The van der Waals surface area contributed by atoms with Crippen molar-refractivity contribution in [2.24, 2.45) is 17.3 Å². The minimum Gasteiger partial charge on any atom is -0.324 e. The molecule has 22 heavy (non-hydrogen) atoms. The van der Waals surface area contributed by atoms with Crippen LogP contribution in [-0.4, -0.2) is 10.8 Å². The normalized spacial score (nSPS) is 39.0. The molecule has 4 fully saturated rings. The molecule has 5 rings (SSSR count). The predicted molar refractivity (Wildman–Crippen MR) is 93.5 cm³/mol. The molecule has 4 atom stereocenters. The van der Waals surface area contributed by atoms with Crippen molar-refractivity contribution in [1.82, 2.24) is 0 Å². The fraction of sp³-hybridized carbons (Fsp3) is 0.588. The van der Waals surface area contributed by atoms with Crippen molar-refractivity contribution in [2.75, 3.05) is 5.32 Å². The van der Waals surface area contributed by atoms with Crippen molar-refractivity contribution < 1.29 is 4.79 Å². The Morgan fingerprint density at radius 1 is 1.23 bits per heavy atom. The van der Waals surface area contributed by atoms with Crippen LogP contribution in [0, 0.1) is 17.3 Å². The average molecular weight is 403 g/mol. The van der Waals surface area contributed by atoms with Gasteiger partial charge in [-0.15, -0.1) is 11.6 Å². The van der Waals surface area contributed by atoms with Gasteiger partial charge in [-0.25, -0.2) is 0 Å². The molecule has 0 saturated heterocycles. The molecule has 0 heterocycles. The van der Waals surface area contributed by atoms with Crippen molar-refractivity contribution in [3.05, 3.63) is 27.7 Å². The molecule has 1 amide bonds. The summed E-state index contributed by atoms with van der Waals surface area (Å²) in [6, 6.07) is 5.55. The van der Waals surface area contributed by atoms with Crippen LogP contribution >= 0.6 is 39.1 Å². The largest absolute Gasteiger partial charge is 0.324 e. The van der Waals surface area contributed by atoms with E-state index >= 15 is 0 Å². The molecule has 4 aliphatic rings. The first-order valence-electron chi connectivity index (χ1n) is 7.83. The summed E-state index contributed by atoms with van der Waals surface area (Å²) >= 11 is 16.4. The lowest BCUT2D eigenvalue weighted by molar-refractivity contribution is -0.138. The fourth-order valence-electron chi connectivity index (χ4n) is 5.26. The zero-order valence-corrected chi connectivity index (χ0v) is 15.3. The van der Waals surface area contributed by atoms with Gasteiger partial charge >= 0.3 is 0 Å². The molecular weight excluding hydrogens is 385 g/mol. The Labute approximate surface area is 149 Å². The highest BCUT2D eigenvalue weighted by Gasteiger charge is 2.60. The van der Waals surface area contributed by atoms with E-state index in [0.29, 0.717) is 22.5 Å². The summed E-state index contributed by atoms with van der Waals surface area (Å²) in [6.45, 7) is 0. The van der Waals surface area contributed by atoms with E-state index in [-0.39, 0.29) is 16.2 Å². The van der Waals surface area contributed by atoms with Crippen molar-refractivity contribution in [3.8, 4) is 0 Å². The lowest BCUT2D eigenvalue weighted by Crippen LogP contribution is -2.57.